The number of nitrogens with one attached hydrogen (secondary N) is 2. The van der Waals surface area contributed by atoms with E-state index in [0.717, 1.165) is 11.1 Å². The minimum Gasteiger partial charge on any atom is -0.493 e. The van der Waals surface area contributed by atoms with Crippen molar-refractivity contribution >= 4 is 45.7 Å². The van der Waals surface area contributed by atoms with Crippen molar-refractivity contribution in [1.29, 1.82) is 0 Å². The number of carbonyl (C=O) groups excluding carboxylic acids is 2. The largest absolute Gasteiger partial charge is 0.493 e. The summed E-state index contributed by atoms with van der Waals surface area (Å²) in [5.41, 5.74) is 3.19. The van der Waals surface area contributed by atoms with Crippen LogP contribution in [-0.2, 0) is 4.79 Å². The minimum absolute atomic E-state index is 0.147. The first kappa shape index (κ1) is 22.6. The second kappa shape index (κ2) is 10.3. The summed E-state index contributed by atoms with van der Waals surface area (Å²) in [7, 11) is 3.08. The summed E-state index contributed by atoms with van der Waals surface area (Å²) in [6.45, 7) is 3.88. The molecule has 0 fully saturated rings. The molecule has 10 heteroatoms. The molecule has 0 spiro atoms. The summed E-state index contributed by atoms with van der Waals surface area (Å²) >= 11 is 2.46. The molecule has 2 amide bonds. The zero-order valence-electron chi connectivity index (χ0n) is 17.5. The van der Waals surface area contributed by atoms with Gasteiger partial charge in [-0.05, 0) is 38.1 Å². The van der Waals surface area contributed by atoms with E-state index in [-0.39, 0.29) is 17.6 Å². The molecule has 1 heterocycles. The molecule has 3 aromatic rings. The number of hydrogen-bond donors (Lipinski definition) is 2. The van der Waals surface area contributed by atoms with Gasteiger partial charge >= 0.3 is 0 Å². The Bertz CT molecular complexity index is 1080. The predicted octanol–water partition coefficient (Wildman–Crippen LogP) is 4.16. The Morgan fingerprint density at radius 3 is 2.35 bits per heavy atom. The summed E-state index contributed by atoms with van der Waals surface area (Å²) in [6, 6.07) is 10.8. The van der Waals surface area contributed by atoms with Gasteiger partial charge in [-0.15, -0.1) is 10.2 Å². The van der Waals surface area contributed by atoms with Crippen LogP contribution in [0, 0.1) is 13.8 Å². The van der Waals surface area contributed by atoms with Gasteiger partial charge in [-0.1, -0.05) is 40.3 Å². The molecule has 0 aliphatic heterocycles. The number of nitrogens with zero attached hydrogens (tertiary/aromatic N) is 2. The van der Waals surface area contributed by atoms with Gasteiger partial charge in [0.1, 0.15) is 0 Å². The summed E-state index contributed by atoms with van der Waals surface area (Å²) in [4.78, 5) is 24.7. The second-order valence-corrected chi connectivity index (χ2v) is 8.81. The molecule has 162 valence electrons. The topological polar surface area (TPSA) is 102 Å². The van der Waals surface area contributed by atoms with Crippen LogP contribution in [0.5, 0.6) is 11.5 Å². The van der Waals surface area contributed by atoms with Crippen LogP contribution < -0.4 is 20.1 Å². The third-order valence-corrected chi connectivity index (χ3v) is 6.08. The standard InChI is InChI=1S/C21H22N4O4S2/c1-12-7-13(2)9-14(8-12)19(27)23-20-24-25-21(31-20)30-11-18(26)22-15-5-6-16(28-3)17(10-15)29-4/h5-10H,11H2,1-4H3,(H,22,26)(H,23,24,27). The van der Waals surface area contributed by atoms with E-state index in [2.05, 4.69) is 20.8 Å². The number of carbonyl (C=O) groups is 2. The van der Waals surface area contributed by atoms with Gasteiger partial charge in [-0.2, -0.15) is 0 Å². The van der Waals surface area contributed by atoms with E-state index in [1.807, 2.05) is 32.0 Å². The molecule has 0 atom stereocenters. The average Bonchev–Trinajstić information content (AvgIpc) is 3.18. The molecular weight excluding hydrogens is 436 g/mol. The first-order valence-corrected chi connectivity index (χ1v) is 11.1. The maximum atomic E-state index is 12.4. The van der Waals surface area contributed by atoms with Gasteiger partial charge in [0.15, 0.2) is 15.8 Å². The highest BCUT2D eigenvalue weighted by Gasteiger charge is 2.13. The highest BCUT2D eigenvalue weighted by Crippen LogP contribution is 2.30. The number of hydrogen-bond acceptors (Lipinski definition) is 8. The fourth-order valence-corrected chi connectivity index (χ4v) is 4.38. The smallest absolute Gasteiger partial charge is 0.257 e. The van der Waals surface area contributed by atoms with Crippen LogP contribution in [-0.4, -0.2) is 42.0 Å². The molecule has 0 bridgehead atoms. The van der Waals surface area contributed by atoms with Crippen molar-refractivity contribution < 1.29 is 19.1 Å². The highest BCUT2D eigenvalue weighted by molar-refractivity contribution is 8.01. The van der Waals surface area contributed by atoms with E-state index < -0.39 is 0 Å². The Morgan fingerprint density at radius 1 is 0.968 bits per heavy atom. The Kier molecular flexibility index (Phi) is 7.48. The second-order valence-electron chi connectivity index (χ2n) is 6.61. The van der Waals surface area contributed by atoms with Gasteiger partial charge in [0.2, 0.25) is 11.0 Å². The Labute approximate surface area is 188 Å². The Balaban J connectivity index is 1.54. The number of rotatable bonds is 8. The molecular formula is C21H22N4O4S2. The minimum atomic E-state index is -0.245. The third kappa shape index (κ3) is 6.19. The predicted molar refractivity (Wildman–Crippen MR) is 123 cm³/mol. The molecule has 0 aliphatic carbocycles. The Hall–Kier alpha value is -3.11. The van der Waals surface area contributed by atoms with Crippen LogP contribution >= 0.6 is 23.1 Å². The van der Waals surface area contributed by atoms with E-state index >= 15 is 0 Å². The van der Waals surface area contributed by atoms with Crippen molar-refractivity contribution in [3.63, 3.8) is 0 Å². The Morgan fingerprint density at radius 2 is 1.68 bits per heavy atom. The van der Waals surface area contributed by atoms with Gasteiger partial charge in [0.25, 0.3) is 5.91 Å². The number of methoxy groups -OCH3 is 2. The lowest BCUT2D eigenvalue weighted by molar-refractivity contribution is -0.113. The summed E-state index contributed by atoms with van der Waals surface area (Å²) in [6.07, 6.45) is 0. The number of amides is 2. The van der Waals surface area contributed by atoms with E-state index in [9.17, 15) is 9.59 Å². The van der Waals surface area contributed by atoms with E-state index in [1.54, 1.807) is 25.3 Å². The number of aryl methyl sites for hydroxylation is 2. The maximum absolute atomic E-state index is 12.4. The van der Waals surface area contributed by atoms with Crippen LogP contribution in [0.1, 0.15) is 21.5 Å². The molecule has 3 rings (SSSR count). The number of thioether (sulfide) groups is 1. The lowest BCUT2D eigenvalue weighted by Gasteiger charge is -2.10. The third-order valence-electron chi connectivity index (χ3n) is 4.10. The van der Waals surface area contributed by atoms with E-state index in [0.29, 0.717) is 32.2 Å². The first-order chi connectivity index (χ1) is 14.9. The van der Waals surface area contributed by atoms with Crippen LogP contribution in [0.2, 0.25) is 0 Å². The molecule has 2 N–H and O–H groups in total. The van der Waals surface area contributed by atoms with E-state index in [4.69, 9.17) is 9.47 Å². The van der Waals surface area contributed by atoms with Gasteiger partial charge < -0.3 is 14.8 Å². The maximum Gasteiger partial charge on any atom is 0.257 e. The molecule has 2 aromatic carbocycles. The number of ether oxygens (including phenoxy) is 2. The number of anilines is 2. The monoisotopic (exact) mass is 458 g/mol. The zero-order valence-corrected chi connectivity index (χ0v) is 19.1. The van der Waals surface area contributed by atoms with Crippen molar-refractivity contribution in [1.82, 2.24) is 10.2 Å². The van der Waals surface area contributed by atoms with E-state index in [1.165, 1.54) is 30.2 Å². The SMILES string of the molecule is COc1ccc(NC(=O)CSc2nnc(NC(=O)c3cc(C)cc(C)c3)s2)cc1OC. The van der Waals surface area contributed by atoms with Crippen molar-refractivity contribution in [3.8, 4) is 11.5 Å². The zero-order chi connectivity index (χ0) is 22.4. The molecule has 31 heavy (non-hydrogen) atoms. The summed E-state index contributed by atoms with van der Waals surface area (Å²) in [5.74, 6) is 0.813. The molecule has 0 radical (unpaired) electrons. The van der Waals surface area contributed by atoms with Crippen molar-refractivity contribution in [3.05, 3.63) is 53.1 Å². The van der Waals surface area contributed by atoms with Crippen molar-refractivity contribution in [2.24, 2.45) is 0 Å². The lowest BCUT2D eigenvalue weighted by atomic mass is 10.1. The van der Waals surface area contributed by atoms with Crippen LogP contribution in [0.15, 0.2) is 40.7 Å². The molecule has 8 nitrogen and oxygen atoms in total. The fourth-order valence-electron chi connectivity index (χ4n) is 2.83. The molecule has 1 aromatic heterocycles. The quantitative estimate of drug-likeness (QED) is 0.386. The lowest BCUT2D eigenvalue weighted by Crippen LogP contribution is -2.14. The number of benzene rings is 2. The summed E-state index contributed by atoms with van der Waals surface area (Å²) in [5, 5.41) is 13.9. The molecule has 0 saturated heterocycles. The molecule has 0 saturated carbocycles. The fraction of sp³-hybridized carbons (Fsp3) is 0.238. The van der Waals surface area contributed by atoms with Gasteiger partial charge in [-0.3, -0.25) is 14.9 Å². The van der Waals surface area contributed by atoms with Gasteiger partial charge in [0, 0.05) is 17.3 Å². The van der Waals surface area contributed by atoms with Gasteiger partial charge in [-0.25, -0.2) is 0 Å². The van der Waals surface area contributed by atoms with Gasteiger partial charge in [0.05, 0.1) is 20.0 Å². The average molecular weight is 459 g/mol. The van der Waals surface area contributed by atoms with Crippen LogP contribution in [0.3, 0.4) is 0 Å². The van der Waals surface area contributed by atoms with Crippen molar-refractivity contribution in [2.45, 2.75) is 18.2 Å². The first-order valence-electron chi connectivity index (χ1n) is 9.25. The highest BCUT2D eigenvalue weighted by atomic mass is 32.2. The van der Waals surface area contributed by atoms with Crippen molar-refractivity contribution in [2.75, 3.05) is 30.6 Å². The normalized spacial score (nSPS) is 10.5. The molecule has 0 aliphatic rings. The van der Waals surface area contributed by atoms with Crippen LogP contribution in [0.25, 0.3) is 0 Å². The van der Waals surface area contributed by atoms with Crippen LogP contribution in [0.4, 0.5) is 10.8 Å². The number of aromatic nitrogens is 2. The summed E-state index contributed by atoms with van der Waals surface area (Å²) < 4.78 is 11.0. The molecule has 0 unspecified atom stereocenters.